The summed E-state index contributed by atoms with van der Waals surface area (Å²) in [6.07, 6.45) is 1.50. The van der Waals surface area contributed by atoms with E-state index in [2.05, 4.69) is 20.0 Å². The zero-order chi connectivity index (χ0) is 17.2. The van der Waals surface area contributed by atoms with E-state index in [-0.39, 0.29) is 6.54 Å². The molecule has 0 fully saturated rings. The van der Waals surface area contributed by atoms with E-state index < -0.39 is 10.0 Å². The molecule has 8 heteroatoms. The second-order valence-electron chi connectivity index (χ2n) is 5.38. The van der Waals surface area contributed by atoms with Crippen LogP contribution in [0.1, 0.15) is 10.4 Å². The fourth-order valence-corrected chi connectivity index (χ4v) is 4.77. The van der Waals surface area contributed by atoms with Crippen molar-refractivity contribution in [2.45, 2.75) is 18.1 Å². The summed E-state index contributed by atoms with van der Waals surface area (Å²) in [4.78, 5) is 9.49. The van der Waals surface area contributed by atoms with Crippen molar-refractivity contribution in [3.8, 4) is 0 Å². The molecule has 6 nitrogen and oxygen atoms in total. The Bertz CT molecular complexity index is 962. The summed E-state index contributed by atoms with van der Waals surface area (Å²) in [5.74, 6) is 0.712. The maximum atomic E-state index is 12.2. The fraction of sp³-hybridized carbons (Fsp3) is 0.250. The predicted molar refractivity (Wildman–Crippen MR) is 97.0 cm³/mol. The van der Waals surface area contributed by atoms with Gasteiger partial charge in [0.25, 0.3) is 0 Å². The molecule has 0 amide bonds. The van der Waals surface area contributed by atoms with Crippen LogP contribution in [-0.4, -0.2) is 31.5 Å². The molecular weight excluding hydrogens is 344 g/mol. The molecule has 126 valence electrons. The quantitative estimate of drug-likeness (QED) is 0.659. The van der Waals surface area contributed by atoms with Crippen LogP contribution in [0.4, 0.5) is 5.82 Å². The van der Waals surface area contributed by atoms with Gasteiger partial charge in [0.15, 0.2) is 0 Å². The van der Waals surface area contributed by atoms with Gasteiger partial charge < -0.3 is 5.32 Å². The van der Waals surface area contributed by atoms with Gasteiger partial charge in [0.2, 0.25) is 10.0 Å². The minimum absolute atomic E-state index is 0.274. The van der Waals surface area contributed by atoms with Crippen molar-refractivity contribution in [3.05, 3.63) is 47.1 Å². The maximum absolute atomic E-state index is 12.2. The highest BCUT2D eigenvalue weighted by Gasteiger charge is 2.15. The minimum Gasteiger partial charge on any atom is -0.368 e. The van der Waals surface area contributed by atoms with Crippen LogP contribution in [0, 0.1) is 13.8 Å². The third-order valence-corrected chi connectivity index (χ3v) is 6.51. The molecule has 0 saturated heterocycles. The minimum atomic E-state index is -3.45. The third kappa shape index (κ3) is 3.55. The van der Waals surface area contributed by atoms with E-state index in [1.54, 1.807) is 12.1 Å². The molecule has 0 unspecified atom stereocenters. The number of rotatable bonds is 6. The number of fused-ring (bicyclic) bond motifs is 1. The van der Waals surface area contributed by atoms with E-state index in [1.165, 1.54) is 17.7 Å². The first-order valence-electron chi connectivity index (χ1n) is 7.48. The number of thiophene rings is 1. The molecule has 0 atom stereocenters. The zero-order valence-corrected chi connectivity index (χ0v) is 15.0. The number of hydrogen-bond acceptors (Lipinski definition) is 6. The Kier molecular flexibility index (Phi) is 4.79. The van der Waals surface area contributed by atoms with Gasteiger partial charge in [-0.05, 0) is 37.6 Å². The Balaban J connectivity index is 1.65. The number of hydrogen-bond donors (Lipinski definition) is 2. The summed E-state index contributed by atoms with van der Waals surface area (Å²) >= 11 is 1.26. The molecule has 0 aliphatic heterocycles. The lowest BCUT2D eigenvalue weighted by molar-refractivity contribution is 0.585. The Hall–Kier alpha value is -2.03. The summed E-state index contributed by atoms with van der Waals surface area (Å²) in [5.41, 5.74) is 1.94. The van der Waals surface area contributed by atoms with Crippen molar-refractivity contribution in [1.29, 1.82) is 0 Å². The van der Waals surface area contributed by atoms with Gasteiger partial charge in [0.1, 0.15) is 16.4 Å². The van der Waals surface area contributed by atoms with Gasteiger partial charge in [-0.25, -0.2) is 23.1 Å². The average molecular weight is 362 g/mol. The van der Waals surface area contributed by atoms with Crippen LogP contribution < -0.4 is 10.0 Å². The highest BCUT2D eigenvalue weighted by atomic mass is 32.2. The summed E-state index contributed by atoms with van der Waals surface area (Å²) in [6.45, 7) is 4.59. The molecular formula is C16H18N4O2S2. The summed E-state index contributed by atoms with van der Waals surface area (Å²) in [6, 6.07) is 9.30. The van der Waals surface area contributed by atoms with E-state index in [4.69, 9.17) is 0 Å². The van der Waals surface area contributed by atoms with E-state index in [1.807, 2.05) is 32.0 Å². The van der Waals surface area contributed by atoms with Gasteiger partial charge in [0, 0.05) is 23.4 Å². The van der Waals surface area contributed by atoms with Gasteiger partial charge in [-0.3, -0.25) is 0 Å². The fourth-order valence-electron chi connectivity index (χ4n) is 2.41. The third-order valence-electron chi connectivity index (χ3n) is 3.56. The number of anilines is 1. The highest BCUT2D eigenvalue weighted by Crippen LogP contribution is 2.22. The number of nitrogens with one attached hydrogen (secondary N) is 2. The Morgan fingerprint density at radius 1 is 1.08 bits per heavy atom. The first kappa shape index (κ1) is 16.8. The number of aryl methyl sites for hydroxylation is 2. The van der Waals surface area contributed by atoms with Crippen molar-refractivity contribution in [1.82, 2.24) is 14.7 Å². The first-order chi connectivity index (χ1) is 11.5. The van der Waals surface area contributed by atoms with Crippen LogP contribution in [-0.2, 0) is 10.0 Å². The van der Waals surface area contributed by atoms with Crippen molar-refractivity contribution in [3.63, 3.8) is 0 Å². The molecule has 2 N–H and O–H groups in total. The van der Waals surface area contributed by atoms with E-state index in [0.717, 1.165) is 21.3 Å². The second-order valence-corrected chi connectivity index (χ2v) is 8.66. The van der Waals surface area contributed by atoms with E-state index in [0.29, 0.717) is 16.6 Å². The molecule has 3 rings (SSSR count). The molecule has 0 spiro atoms. The molecule has 0 bridgehead atoms. The van der Waals surface area contributed by atoms with Crippen molar-refractivity contribution < 1.29 is 8.42 Å². The highest BCUT2D eigenvalue weighted by molar-refractivity contribution is 7.91. The number of benzene rings is 1. The predicted octanol–water partition coefficient (Wildman–Crippen LogP) is 2.70. The van der Waals surface area contributed by atoms with Gasteiger partial charge >= 0.3 is 0 Å². The number of nitrogens with zero attached hydrogens (tertiary/aromatic N) is 2. The lowest BCUT2D eigenvalue weighted by Crippen LogP contribution is -2.28. The van der Waals surface area contributed by atoms with Gasteiger partial charge in [-0.1, -0.05) is 12.1 Å². The van der Waals surface area contributed by atoms with Crippen LogP contribution in [0.5, 0.6) is 0 Å². The van der Waals surface area contributed by atoms with Crippen LogP contribution >= 0.6 is 11.3 Å². The Labute approximate surface area is 145 Å². The summed E-state index contributed by atoms with van der Waals surface area (Å²) < 4.78 is 27.3. The monoisotopic (exact) mass is 362 g/mol. The smallest absolute Gasteiger partial charge is 0.250 e. The lowest BCUT2D eigenvalue weighted by Gasteiger charge is -2.10. The molecule has 24 heavy (non-hydrogen) atoms. The van der Waals surface area contributed by atoms with Gasteiger partial charge in [0.05, 0.1) is 5.52 Å². The van der Waals surface area contributed by atoms with Crippen molar-refractivity contribution in [2.24, 2.45) is 0 Å². The molecule has 0 radical (unpaired) electrons. The van der Waals surface area contributed by atoms with Gasteiger partial charge in [-0.2, -0.15) is 0 Å². The van der Waals surface area contributed by atoms with E-state index >= 15 is 0 Å². The largest absolute Gasteiger partial charge is 0.368 e. The van der Waals surface area contributed by atoms with E-state index in [9.17, 15) is 8.42 Å². The second kappa shape index (κ2) is 6.84. The Morgan fingerprint density at radius 2 is 1.92 bits per heavy atom. The summed E-state index contributed by atoms with van der Waals surface area (Å²) in [7, 11) is -3.45. The number of aromatic nitrogens is 2. The molecule has 2 heterocycles. The van der Waals surface area contributed by atoms with Crippen molar-refractivity contribution in [2.75, 3.05) is 18.4 Å². The van der Waals surface area contributed by atoms with Crippen LogP contribution in [0.2, 0.25) is 0 Å². The van der Waals surface area contributed by atoms with Gasteiger partial charge in [-0.15, -0.1) is 11.3 Å². The molecule has 0 aliphatic rings. The first-order valence-corrected chi connectivity index (χ1v) is 9.77. The topological polar surface area (TPSA) is 84.0 Å². The molecule has 0 saturated carbocycles. The molecule has 3 aromatic rings. The summed E-state index contributed by atoms with van der Waals surface area (Å²) in [5, 5.41) is 4.14. The van der Waals surface area contributed by atoms with Crippen molar-refractivity contribution >= 4 is 38.1 Å². The SMILES string of the molecule is Cc1ccc(S(=O)(=O)NCCNc2ncnc3cccc(C)c23)s1. The normalized spacial score (nSPS) is 11.8. The van der Waals surface area contributed by atoms with Crippen LogP contribution in [0.25, 0.3) is 10.9 Å². The molecule has 2 aromatic heterocycles. The number of sulfonamides is 1. The maximum Gasteiger partial charge on any atom is 0.250 e. The van der Waals surface area contributed by atoms with Crippen LogP contribution in [0.15, 0.2) is 40.9 Å². The molecule has 0 aliphatic carbocycles. The Morgan fingerprint density at radius 3 is 2.67 bits per heavy atom. The lowest BCUT2D eigenvalue weighted by atomic mass is 10.1. The standard InChI is InChI=1S/C16H18N4O2S2/c1-11-4-3-5-13-15(11)16(19-10-18-13)17-8-9-20-24(21,22)14-7-6-12(2)23-14/h3-7,10,20H,8-9H2,1-2H3,(H,17,18,19). The molecule has 1 aromatic carbocycles. The zero-order valence-electron chi connectivity index (χ0n) is 13.4. The average Bonchev–Trinajstić information content (AvgIpc) is 2.99. The van der Waals surface area contributed by atoms with Crippen LogP contribution in [0.3, 0.4) is 0 Å².